The zero-order chi connectivity index (χ0) is 11.5. The Kier molecular flexibility index (Phi) is 3.72. The molecule has 2 rings (SSSR count). The third kappa shape index (κ3) is 2.89. The molecule has 0 amide bonds. The predicted octanol–water partition coefficient (Wildman–Crippen LogP) is 3.92. The lowest BCUT2D eigenvalue weighted by atomic mass is 9.94. The van der Waals surface area contributed by atoms with Crippen LogP contribution in [0.2, 0.25) is 10.0 Å². The normalized spacial score (nSPS) is 17.5. The highest BCUT2D eigenvalue weighted by Crippen LogP contribution is 2.27. The van der Waals surface area contributed by atoms with E-state index in [9.17, 15) is 4.79 Å². The second-order valence-electron chi connectivity index (χ2n) is 4.09. The molecule has 0 unspecified atom stereocenters. The number of carbonyl (C=O) groups is 1. The Morgan fingerprint density at radius 2 is 1.81 bits per heavy atom. The molecule has 1 saturated carbocycles. The van der Waals surface area contributed by atoms with Crippen molar-refractivity contribution in [2.75, 3.05) is 5.32 Å². The molecule has 1 aromatic carbocycles. The van der Waals surface area contributed by atoms with E-state index in [1.54, 1.807) is 6.07 Å². The van der Waals surface area contributed by atoms with Gasteiger partial charge in [0, 0.05) is 24.6 Å². The number of anilines is 1. The van der Waals surface area contributed by atoms with Crippen LogP contribution in [0.1, 0.15) is 25.7 Å². The van der Waals surface area contributed by atoms with Gasteiger partial charge in [-0.25, -0.2) is 0 Å². The van der Waals surface area contributed by atoms with Gasteiger partial charge in [0.15, 0.2) is 0 Å². The molecule has 0 aliphatic heterocycles. The van der Waals surface area contributed by atoms with Crippen LogP contribution in [0.15, 0.2) is 18.2 Å². The van der Waals surface area contributed by atoms with Gasteiger partial charge in [0.25, 0.3) is 0 Å². The fourth-order valence-electron chi connectivity index (χ4n) is 1.91. The standard InChI is InChI=1S/C12H13Cl2NO/c13-11-6-3-9(7-12(11)14)15-8-1-4-10(16)5-2-8/h3,6-8,15H,1-2,4-5H2. The SMILES string of the molecule is O=C1CCC(Nc2ccc(Cl)c(Cl)c2)CC1. The van der Waals surface area contributed by atoms with Crippen molar-refractivity contribution in [1.29, 1.82) is 0 Å². The van der Waals surface area contributed by atoms with Gasteiger partial charge in [-0.05, 0) is 31.0 Å². The summed E-state index contributed by atoms with van der Waals surface area (Å²) in [5, 5.41) is 4.49. The van der Waals surface area contributed by atoms with E-state index in [4.69, 9.17) is 23.2 Å². The molecule has 1 aliphatic carbocycles. The van der Waals surface area contributed by atoms with E-state index in [0.717, 1.165) is 18.5 Å². The molecule has 1 aromatic rings. The quantitative estimate of drug-likeness (QED) is 0.871. The van der Waals surface area contributed by atoms with Crippen molar-refractivity contribution in [3.63, 3.8) is 0 Å². The molecule has 0 bridgehead atoms. The van der Waals surface area contributed by atoms with E-state index >= 15 is 0 Å². The second-order valence-corrected chi connectivity index (χ2v) is 4.90. The van der Waals surface area contributed by atoms with E-state index in [1.807, 2.05) is 12.1 Å². The first-order chi connectivity index (χ1) is 7.65. The van der Waals surface area contributed by atoms with E-state index in [-0.39, 0.29) is 0 Å². The lowest BCUT2D eigenvalue weighted by Crippen LogP contribution is -2.25. The van der Waals surface area contributed by atoms with Crippen molar-refractivity contribution >= 4 is 34.7 Å². The lowest BCUT2D eigenvalue weighted by molar-refractivity contribution is -0.120. The van der Waals surface area contributed by atoms with Gasteiger partial charge in [-0.2, -0.15) is 0 Å². The number of halogens is 2. The van der Waals surface area contributed by atoms with Gasteiger partial charge in [-0.3, -0.25) is 4.79 Å². The van der Waals surface area contributed by atoms with E-state index in [0.29, 0.717) is 34.7 Å². The number of hydrogen-bond donors (Lipinski definition) is 1. The topological polar surface area (TPSA) is 29.1 Å². The molecule has 2 nitrogen and oxygen atoms in total. The Labute approximate surface area is 105 Å². The largest absolute Gasteiger partial charge is 0.382 e. The van der Waals surface area contributed by atoms with Gasteiger partial charge in [0.2, 0.25) is 0 Å². The Balaban J connectivity index is 1.98. The molecule has 4 heteroatoms. The summed E-state index contributed by atoms with van der Waals surface area (Å²) in [6.45, 7) is 0. The first-order valence-corrected chi connectivity index (χ1v) is 6.14. The molecule has 0 saturated heterocycles. The summed E-state index contributed by atoms with van der Waals surface area (Å²) in [5.41, 5.74) is 0.966. The Morgan fingerprint density at radius 1 is 1.12 bits per heavy atom. The van der Waals surface area contributed by atoms with Crippen LogP contribution in [0.25, 0.3) is 0 Å². The second kappa shape index (κ2) is 5.07. The van der Waals surface area contributed by atoms with Crippen LogP contribution in [0.3, 0.4) is 0 Å². The van der Waals surface area contributed by atoms with Crippen molar-refractivity contribution < 1.29 is 4.79 Å². The summed E-state index contributed by atoms with van der Waals surface area (Å²) in [6, 6.07) is 5.88. The third-order valence-corrected chi connectivity index (χ3v) is 3.57. The molecule has 1 N–H and O–H groups in total. The number of rotatable bonds is 2. The third-order valence-electron chi connectivity index (χ3n) is 2.83. The summed E-state index contributed by atoms with van der Waals surface area (Å²) >= 11 is 11.8. The van der Waals surface area contributed by atoms with Crippen LogP contribution in [0.4, 0.5) is 5.69 Å². The number of hydrogen-bond acceptors (Lipinski definition) is 2. The minimum atomic E-state index is 0.368. The fraction of sp³-hybridized carbons (Fsp3) is 0.417. The summed E-state index contributed by atoms with van der Waals surface area (Å²) < 4.78 is 0. The Hall–Kier alpha value is -0.730. The molecular weight excluding hydrogens is 245 g/mol. The van der Waals surface area contributed by atoms with Crippen LogP contribution < -0.4 is 5.32 Å². The number of nitrogens with one attached hydrogen (secondary N) is 1. The summed E-state index contributed by atoms with van der Waals surface area (Å²) in [5.74, 6) is 0.368. The van der Waals surface area contributed by atoms with Crippen LogP contribution >= 0.6 is 23.2 Å². The highest BCUT2D eigenvalue weighted by molar-refractivity contribution is 6.42. The van der Waals surface area contributed by atoms with Crippen molar-refractivity contribution in [2.24, 2.45) is 0 Å². The minimum absolute atomic E-state index is 0.368. The van der Waals surface area contributed by atoms with Gasteiger partial charge >= 0.3 is 0 Å². The monoisotopic (exact) mass is 257 g/mol. The molecule has 0 atom stereocenters. The maximum absolute atomic E-state index is 11.1. The number of Topliss-reactive ketones (excluding diaryl/α,β-unsaturated/α-hetero) is 1. The van der Waals surface area contributed by atoms with Gasteiger partial charge < -0.3 is 5.32 Å². The lowest BCUT2D eigenvalue weighted by Gasteiger charge is -2.23. The molecule has 0 spiro atoms. The number of carbonyl (C=O) groups excluding carboxylic acids is 1. The summed E-state index contributed by atoms with van der Waals surface area (Å²) in [6.07, 6.45) is 3.16. The zero-order valence-corrected chi connectivity index (χ0v) is 10.3. The smallest absolute Gasteiger partial charge is 0.133 e. The molecule has 0 radical (unpaired) electrons. The molecule has 1 aliphatic rings. The van der Waals surface area contributed by atoms with Crippen LogP contribution in [0, 0.1) is 0 Å². The summed E-state index contributed by atoms with van der Waals surface area (Å²) in [7, 11) is 0. The van der Waals surface area contributed by atoms with Crippen LogP contribution in [-0.2, 0) is 4.79 Å². The molecule has 0 heterocycles. The summed E-state index contributed by atoms with van der Waals surface area (Å²) in [4.78, 5) is 11.1. The Bertz CT molecular complexity index is 396. The maximum atomic E-state index is 11.1. The van der Waals surface area contributed by atoms with E-state index in [1.165, 1.54) is 0 Å². The van der Waals surface area contributed by atoms with Crippen molar-refractivity contribution in [2.45, 2.75) is 31.7 Å². The van der Waals surface area contributed by atoms with Gasteiger partial charge in [0.05, 0.1) is 10.0 Å². The van der Waals surface area contributed by atoms with Gasteiger partial charge in [-0.1, -0.05) is 23.2 Å². The van der Waals surface area contributed by atoms with Crippen molar-refractivity contribution in [1.82, 2.24) is 0 Å². The fourth-order valence-corrected chi connectivity index (χ4v) is 2.20. The first kappa shape index (κ1) is 11.7. The highest BCUT2D eigenvalue weighted by Gasteiger charge is 2.18. The average molecular weight is 258 g/mol. The predicted molar refractivity (Wildman–Crippen MR) is 67.3 cm³/mol. The van der Waals surface area contributed by atoms with Crippen LogP contribution in [-0.4, -0.2) is 11.8 Å². The van der Waals surface area contributed by atoms with Gasteiger partial charge in [0.1, 0.15) is 5.78 Å². The minimum Gasteiger partial charge on any atom is -0.382 e. The Morgan fingerprint density at radius 3 is 2.44 bits per heavy atom. The van der Waals surface area contributed by atoms with Crippen LogP contribution in [0.5, 0.6) is 0 Å². The highest BCUT2D eigenvalue weighted by atomic mass is 35.5. The molecular formula is C12H13Cl2NO. The first-order valence-electron chi connectivity index (χ1n) is 5.38. The van der Waals surface area contributed by atoms with E-state index in [2.05, 4.69) is 5.32 Å². The molecule has 1 fully saturated rings. The average Bonchev–Trinajstić information content (AvgIpc) is 2.27. The molecule has 16 heavy (non-hydrogen) atoms. The molecule has 0 aromatic heterocycles. The van der Waals surface area contributed by atoms with Gasteiger partial charge in [-0.15, -0.1) is 0 Å². The number of benzene rings is 1. The zero-order valence-electron chi connectivity index (χ0n) is 8.80. The van der Waals surface area contributed by atoms with E-state index < -0.39 is 0 Å². The van der Waals surface area contributed by atoms with Crippen molar-refractivity contribution in [3.05, 3.63) is 28.2 Å². The molecule has 86 valence electrons. The number of ketones is 1. The van der Waals surface area contributed by atoms with Crippen molar-refractivity contribution in [3.8, 4) is 0 Å². The maximum Gasteiger partial charge on any atom is 0.133 e.